The monoisotopic (exact) mass is 262 g/mol. The lowest BCUT2D eigenvalue weighted by atomic mass is 10.1. The Bertz CT molecular complexity index is 487. The molecule has 102 valence electrons. The number of aliphatic hydroxyl groups excluding tert-OH is 1. The molecule has 1 heterocycles. The lowest BCUT2D eigenvalue weighted by Crippen LogP contribution is -2.46. The van der Waals surface area contributed by atoms with Crippen LogP contribution in [0.2, 0.25) is 0 Å². The molecule has 1 aliphatic rings. The molecule has 1 saturated heterocycles. The van der Waals surface area contributed by atoms with Crippen molar-refractivity contribution >= 4 is 17.4 Å². The number of nitrogens with one attached hydrogen (secondary N) is 1. The highest BCUT2D eigenvalue weighted by Gasteiger charge is 2.27. The highest BCUT2D eigenvalue weighted by atomic mass is 16.3. The second-order valence-corrected chi connectivity index (χ2v) is 4.64. The molecule has 5 heteroatoms. The summed E-state index contributed by atoms with van der Waals surface area (Å²) < 4.78 is 0. The molecule has 1 amide bonds. The smallest absolute Gasteiger partial charge is 0.245 e. The van der Waals surface area contributed by atoms with E-state index in [0.29, 0.717) is 18.7 Å². The third-order valence-corrected chi connectivity index (χ3v) is 3.31. The Morgan fingerprint density at radius 3 is 3.00 bits per heavy atom. The quantitative estimate of drug-likeness (QED) is 0.782. The fraction of sp³-hybridized carbons (Fsp3) is 0.429. The molecular formula is C14H18N2O3. The van der Waals surface area contributed by atoms with E-state index in [1.807, 2.05) is 11.0 Å². The maximum atomic E-state index is 11.9. The van der Waals surface area contributed by atoms with Crippen LogP contribution in [0.15, 0.2) is 24.3 Å². The summed E-state index contributed by atoms with van der Waals surface area (Å²) in [6, 6.07) is 6.57. The van der Waals surface area contributed by atoms with Crippen LogP contribution in [0.1, 0.15) is 23.7 Å². The number of Topliss-reactive ketones (excluding diaryl/α,β-unsaturated/α-hetero) is 1. The first-order valence-electron chi connectivity index (χ1n) is 6.39. The largest absolute Gasteiger partial charge is 0.394 e. The number of carbonyl (C=O) groups excluding carboxylic acids is 2. The molecule has 0 aliphatic carbocycles. The van der Waals surface area contributed by atoms with Crippen LogP contribution in [-0.2, 0) is 4.79 Å². The number of carbonyl (C=O) groups is 2. The molecule has 5 nitrogen and oxygen atoms in total. The van der Waals surface area contributed by atoms with Crippen molar-refractivity contribution in [1.82, 2.24) is 5.32 Å². The maximum absolute atomic E-state index is 11.9. The predicted octanol–water partition coefficient (Wildman–Crippen LogP) is 0.576. The lowest BCUT2D eigenvalue weighted by Gasteiger charge is -2.29. The van der Waals surface area contributed by atoms with Gasteiger partial charge in [-0.1, -0.05) is 12.1 Å². The number of ketones is 1. The van der Waals surface area contributed by atoms with Gasteiger partial charge in [0, 0.05) is 24.3 Å². The van der Waals surface area contributed by atoms with Crippen molar-refractivity contribution in [2.24, 2.45) is 0 Å². The van der Waals surface area contributed by atoms with Crippen LogP contribution >= 0.6 is 0 Å². The summed E-state index contributed by atoms with van der Waals surface area (Å²) in [4.78, 5) is 25.1. The molecule has 1 aromatic rings. The van der Waals surface area contributed by atoms with E-state index >= 15 is 0 Å². The average molecular weight is 262 g/mol. The van der Waals surface area contributed by atoms with E-state index in [0.717, 1.165) is 12.1 Å². The highest BCUT2D eigenvalue weighted by molar-refractivity contribution is 5.95. The van der Waals surface area contributed by atoms with Gasteiger partial charge in [0.1, 0.15) is 6.04 Å². The summed E-state index contributed by atoms with van der Waals surface area (Å²) in [5.74, 6) is -0.185. The van der Waals surface area contributed by atoms with Crippen molar-refractivity contribution in [2.75, 3.05) is 24.6 Å². The van der Waals surface area contributed by atoms with Crippen molar-refractivity contribution in [3.05, 3.63) is 29.8 Å². The van der Waals surface area contributed by atoms with Gasteiger partial charge in [-0.2, -0.15) is 0 Å². The second kappa shape index (κ2) is 5.84. The van der Waals surface area contributed by atoms with E-state index in [1.54, 1.807) is 18.2 Å². The van der Waals surface area contributed by atoms with Crippen LogP contribution in [0.3, 0.4) is 0 Å². The molecule has 0 spiro atoms. The van der Waals surface area contributed by atoms with Crippen LogP contribution in [0.4, 0.5) is 5.69 Å². The summed E-state index contributed by atoms with van der Waals surface area (Å²) >= 11 is 0. The van der Waals surface area contributed by atoms with E-state index in [9.17, 15) is 14.7 Å². The number of benzene rings is 1. The number of hydrogen-bond acceptors (Lipinski definition) is 4. The van der Waals surface area contributed by atoms with Crippen LogP contribution in [0, 0.1) is 0 Å². The van der Waals surface area contributed by atoms with E-state index in [4.69, 9.17) is 0 Å². The molecule has 0 radical (unpaired) electrons. The molecule has 1 aromatic carbocycles. The Kier molecular flexibility index (Phi) is 4.16. The lowest BCUT2D eigenvalue weighted by molar-refractivity contribution is -0.122. The van der Waals surface area contributed by atoms with Gasteiger partial charge < -0.3 is 15.3 Å². The van der Waals surface area contributed by atoms with E-state index in [1.165, 1.54) is 6.92 Å². The van der Waals surface area contributed by atoms with Gasteiger partial charge in [0.15, 0.2) is 5.78 Å². The molecule has 2 rings (SSSR count). The van der Waals surface area contributed by atoms with Crippen LogP contribution < -0.4 is 10.2 Å². The topological polar surface area (TPSA) is 69.6 Å². The van der Waals surface area contributed by atoms with Gasteiger partial charge in [-0.05, 0) is 25.5 Å². The number of rotatable bonds is 3. The molecule has 0 bridgehead atoms. The zero-order chi connectivity index (χ0) is 13.8. The molecule has 19 heavy (non-hydrogen) atoms. The number of aliphatic hydroxyl groups is 1. The molecule has 0 saturated carbocycles. The maximum Gasteiger partial charge on any atom is 0.245 e. The van der Waals surface area contributed by atoms with Gasteiger partial charge in [0.2, 0.25) is 5.91 Å². The third kappa shape index (κ3) is 2.93. The van der Waals surface area contributed by atoms with Crippen molar-refractivity contribution in [3.63, 3.8) is 0 Å². The number of anilines is 1. The molecule has 1 atom stereocenters. The van der Waals surface area contributed by atoms with Gasteiger partial charge in [0.05, 0.1) is 6.61 Å². The first-order valence-corrected chi connectivity index (χ1v) is 6.39. The van der Waals surface area contributed by atoms with E-state index < -0.39 is 6.04 Å². The zero-order valence-electron chi connectivity index (χ0n) is 10.9. The normalized spacial score (nSPS) is 19.8. The number of amides is 1. The van der Waals surface area contributed by atoms with Crippen molar-refractivity contribution in [2.45, 2.75) is 19.4 Å². The fourth-order valence-corrected chi connectivity index (χ4v) is 2.27. The van der Waals surface area contributed by atoms with Crippen molar-refractivity contribution in [3.8, 4) is 0 Å². The summed E-state index contributed by atoms with van der Waals surface area (Å²) in [5, 5.41) is 12.2. The first kappa shape index (κ1) is 13.5. The highest BCUT2D eigenvalue weighted by Crippen LogP contribution is 2.20. The first-order chi connectivity index (χ1) is 9.13. The summed E-state index contributed by atoms with van der Waals surface area (Å²) in [6.45, 7) is 2.55. The van der Waals surface area contributed by atoms with Crippen LogP contribution in [-0.4, -0.2) is 42.5 Å². The van der Waals surface area contributed by atoms with Crippen LogP contribution in [0.25, 0.3) is 0 Å². The summed E-state index contributed by atoms with van der Waals surface area (Å²) in [7, 11) is 0. The third-order valence-electron chi connectivity index (χ3n) is 3.31. The Morgan fingerprint density at radius 1 is 1.53 bits per heavy atom. The van der Waals surface area contributed by atoms with E-state index in [-0.39, 0.29) is 18.3 Å². The number of nitrogens with zero attached hydrogens (tertiary/aromatic N) is 1. The second-order valence-electron chi connectivity index (χ2n) is 4.64. The average Bonchev–Trinajstić information content (AvgIpc) is 2.60. The Labute approximate surface area is 112 Å². The SMILES string of the molecule is CC(=O)c1cccc(N2CCCNC(=O)C2CO)c1. The molecular weight excluding hydrogens is 244 g/mol. The fourth-order valence-electron chi connectivity index (χ4n) is 2.27. The number of hydrogen-bond donors (Lipinski definition) is 2. The Balaban J connectivity index is 2.34. The van der Waals surface area contributed by atoms with Gasteiger partial charge in [-0.25, -0.2) is 0 Å². The molecule has 1 fully saturated rings. The summed E-state index contributed by atoms with van der Waals surface area (Å²) in [6.07, 6.45) is 0.812. The minimum Gasteiger partial charge on any atom is -0.394 e. The minimum atomic E-state index is -0.593. The molecule has 2 N–H and O–H groups in total. The molecule has 1 aliphatic heterocycles. The van der Waals surface area contributed by atoms with Crippen molar-refractivity contribution in [1.29, 1.82) is 0 Å². The zero-order valence-corrected chi connectivity index (χ0v) is 10.9. The van der Waals surface area contributed by atoms with Gasteiger partial charge >= 0.3 is 0 Å². The summed E-state index contributed by atoms with van der Waals surface area (Å²) in [5.41, 5.74) is 1.41. The van der Waals surface area contributed by atoms with Crippen molar-refractivity contribution < 1.29 is 14.7 Å². The Hall–Kier alpha value is -1.88. The van der Waals surface area contributed by atoms with Gasteiger partial charge in [0.25, 0.3) is 0 Å². The minimum absolute atomic E-state index is 0.0123. The van der Waals surface area contributed by atoms with Gasteiger partial charge in [-0.15, -0.1) is 0 Å². The Morgan fingerprint density at radius 2 is 2.32 bits per heavy atom. The van der Waals surface area contributed by atoms with E-state index in [2.05, 4.69) is 5.32 Å². The standard InChI is InChI=1S/C14H18N2O3/c1-10(18)11-4-2-5-12(8-11)16-7-3-6-15-14(19)13(16)9-17/h2,4-5,8,13,17H,3,6-7,9H2,1H3,(H,15,19). The van der Waals surface area contributed by atoms with Gasteiger partial charge in [-0.3, -0.25) is 9.59 Å². The predicted molar refractivity (Wildman–Crippen MR) is 72.3 cm³/mol. The molecule has 0 aromatic heterocycles. The van der Waals surface area contributed by atoms with Crippen LogP contribution in [0.5, 0.6) is 0 Å². The molecule has 1 unspecified atom stereocenters.